The lowest BCUT2D eigenvalue weighted by atomic mass is 10.00. The zero-order chi connectivity index (χ0) is 15.3. The number of anilines is 1. The lowest BCUT2D eigenvalue weighted by molar-refractivity contribution is 0.0692. The Hall–Kier alpha value is -2.53. The van der Waals surface area contributed by atoms with E-state index in [0.29, 0.717) is 15.9 Å². The van der Waals surface area contributed by atoms with Crippen LogP contribution in [0.4, 0.5) is 5.69 Å². The van der Waals surface area contributed by atoms with Gasteiger partial charge in [-0.15, -0.1) is 0 Å². The Balaban J connectivity index is 1.92. The molecular formula is C16H12ClN3O2. The van der Waals surface area contributed by atoms with E-state index in [1.54, 1.807) is 12.1 Å². The number of hydrogen-bond acceptors (Lipinski definition) is 3. The van der Waals surface area contributed by atoms with Gasteiger partial charge in [0.15, 0.2) is 5.69 Å². The van der Waals surface area contributed by atoms with Crippen LogP contribution in [0.3, 0.4) is 0 Å². The van der Waals surface area contributed by atoms with E-state index in [0.717, 1.165) is 29.8 Å². The number of nitrogens with one attached hydrogen (secondary N) is 2. The van der Waals surface area contributed by atoms with Gasteiger partial charge in [-0.25, -0.2) is 4.79 Å². The first kappa shape index (κ1) is 13.2. The van der Waals surface area contributed by atoms with Crippen LogP contribution in [-0.4, -0.2) is 27.8 Å². The molecular weight excluding hydrogens is 302 g/mol. The first-order valence-corrected chi connectivity index (χ1v) is 7.29. The number of nitrogens with zero attached hydrogens (tertiary/aromatic N) is 1. The van der Waals surface area contributed by atoms with Crippen molar-refractivity contribution < 1.29 is 9.90 Å². The topological polar surface area (TPSA) is 78.0 Å². The number of rotatable bonds is 2. The molecule has 1 aliphatic heterocycles. The first-order chi connectivity index (χ1) is 10.6. The predicted octanol–water partition coefficient (Wildman–Crippen LogP) is 3.55. The number of halogens is 1. The second-order valence-electron chi connectivity index (χ2n) is 5.30. The molecule has 5 nitrogen and oxygen atoms in total. The van der Waals surface area contributed by atoms with Crippen molar-refractivity contribution in [2.75, 3.05) is 11.9 Å². The highest BCUT2D eigenvalue weighted by molar-refractivity contribution is 6.34. The van der Waals surface area contributed by atoms with E-state index in [1.807, 2.05) is 12.1 Å². The van der Waals surface area contributed by atoms with Crippen LogP contribution in [0.1, 0.15) is 16.1 Å². The van der Waals surface area contributed by atoms with Crippen LogP contribution >= 0.6 is 11.6 Å². The molecule has 0 saturated carbocycles. The Morgan fingerprint density at radius 2 is 2.14 bits per heavy atom. The van der Waals surface area contributed by atoms with Crippen molar-refractivity contribution in [3.05, 3.63) is 46.6 Å². The van der Waals surface area contributed by atoms with Gasteiger partial charge in [-0.3, -0.25) is 5.10 Å². The van der Waals surface area contributed by atoms with Gasteiger partial charge in [0.25, 0.3) is 0 Å². The minimum Gasteiger partial charge on any atom is -0.476 e. The highest BCUT2D eigenvalue weighted by atomic mass is 35.5. The maximum Gasteiger partial charge on any atom is 0.357 e. The molecule has 22 heavy (non-hydrogen) atoms. The van der Waals surface area contributed by atoms with Crippen LogP contribution in [0.5, 0.6) is 0 Å². The summed E-state index contributed by atoms with van der Waals surface area (Å²) in [5, 5.41) is 20.2. The zero-order valence-corrected chi connectivity index (χ0v) is 12.2. The molecule has 3 aromatic rings. The molecule has 3 N–H and O–H groups in total. The maximum absolute atomic E-state index is 11.2. The van der Waals surface area contributed by atoms with E-state index in [2.05, 4.69) is 21.6 Å². The van der Waals surface area contributed by atoms with Crippen molar-refractivity contribution in [3.8, 4) is 11.1 Å². The summed E-state index contributed by atoms with van der Waals surface area (Å²) in [7, 11) is 0. The third kappa shape index (κ3) is 1.94. The quantitative estimate of drug-likeness (QED) is 0.676. The summed E-state index contributed by atoms with van der Waals surface area (Å²) >= 11 is 6.37. The predicted molar refractivity (Wildman–Crippen MR) is 85.7 cm³/mol. The van der Waals surface area contributed by atoms with E-state index >= 15 is 0 Å². The molecule has 0 aliphatic carbocycles. The molecule has 0 atom stereocenters. The van der Waals surface area contributed by atoms with Gasteiger partial charge in [0, 0.05) is 23.2 Å². The molecule has 0 unspecified atom stereocenters. The van der Waals surface area contributed by atoms with E-state index in [-0.39, 0.29) is 5.69 Å². The van der Waals surface area contributed by atoms with Crippen LogP contribution in [0.25, 0.3) is 22.0 Å². The number of fused-ring (bicyclic) bond motifs is 2. The van der Waals surface area contributed by atoms with Crippen LogP contribution < -0.4 is 5.32 Å². The molecule has 1 aliphatic rings. The summed E-state index contributed by atoms with van der Waals surface area (Å²) in [6, 6.07) is 9.63. The number of benzene rings is 2. The zero-order valence-electron chi connectivity index (χ0n) is 11.5. The van der Waals surface area contributed by atoms with Gasteiger partial charge in [0.05, 0.1) is 10.5 Å². The van der Waals surface area contributed by atoms with E-state index < -0.39 is 5.97 Å². The number of H-pyrrole nitrogens is 1. The molecule has 0 saturated heterocycles. The van der Waals surface area contributed by atoms with Crippen molar-refractivity contribution in [1.82, 2.24) is 10.2 Å². The van der Waals surface area contributed by atoms with Crippen molar-refractivity contribution in [2.24, 2.45) is 0 Å². The molecule has 0 fully saturated rings. The normalized spacial score (nSPS) is 13.1. The molecule has 0 spiro atoms. The van der Waals surface area contributed by atoms with E-state index in [4.69, 9.17) is 11.6 Å². The van der Waals surface area contributed by atoms with E-state index in [9.17, 15) is 9.90 Å². The fourth-order valence-electron chi connectivity index (χ4n) is 2.89. The monoisotopic (exact) mass is 313 g/mol. The molecule has 6 heteroatoms. The second-order valence-corrected chi connectivity index (χ2v) is 5.71. The average Bonchev–Trinajstić information content (AvgIpc) is 3.11. The third-order valence-electron chi connectivity index (χ3n) is 3.98. The van der Waals surface area contributed by atoms with Crippen LogP contribution in [0, 0.1) is 0 Å². The SMILES string of the molecule is O=C(O)c1n[nH]c2cc(Cl)c(-c3ccc4c(c3)CCN4)cc12. The number of aromatic nitrogens is 2. The largest absolute Gasteiger partial charge is 0.476 e. The molecule has 110 valence electrons. The van der Waals surface area contributed by atoms with E-state index in [1.165, 1.54) is 5.56 Å². The Morgan fingerprint density at radius 3 is 2.95 bits per heavy atom. The number of aromatic amines is 1. The lowest BCUT2D eigenvalue weighted by Gasteiger charge is -2.08. The Morgan fingerprint density at radius 1 is 1.27 bits per heavy atom. The van der Waals surface area contributed by atoms with Crippen LogP contribution in [0.2, 0.25) is 5.02 Å². The number of carboxylic acids is 1. The van der Waals surface area contributed by atoms with Gasteiger partial charge in [-0.2, -0.15) is 5.10 Å². The molecule has 0 radical (unpaired) electrons. The lowest BCUT2D eigenvalue weighted by Crippen LogP contribution is -1.96. The molecule has 2 aromatic carbocycles. The minimum atomic E-state index is -1.06. The highest BCUT2D eigenvalue weighted by Crippen LogP contribution is 2.35. The molecule has 0 bridgehead atoms. The average molecular weight is 314 g/mol. The summed E-state index contributed by atoms with van der Waals surface area (Å²) in [6.45, 7) is 0.941. The van der Waals surface area contributed by atoms with Gasteiger partial charge in [0.1, 0.15) is 0 Å². The Bertz CT molecular complexity index is 917. The molecule has 0 amide bonds. The van der Waals surface area contributed by atoms with Gasteiger partial charge in [0.2, 0.25) is 0 Å². The van der Waals surface area contributed by atoms with Gasteiger partial charge in [-0.1, -0.05) is 17.7 Å². The summed E-state index contributed by atoms with van der Waals surface area (Å²) in [6.07, 6.45) is 0.981. The molecule has 4 rings (SSSR count). The van der Waals surface area contributed by atoms with Crippen molar-refractivity contribution in [3.63, 3.8) is 0 Å². The van der Waals surface area contributed by atoms with Crippen molar-refractivity contribution in [2.45, 2.75) is 6.42 Å². The summed E-state index contributed by atoms with van der Waals surface area (Å²) in [4.78, 5) is 11.2. The fourth-order valence-corrected chi connectivity index (χ4v) is 3.17. The summed E-state index contributed by atoms with van der Waals surface area (Å²) in [5.74, 6) is -1.06. The molecule has 1 aromatic heterocycles. The minimum absolute atomic E-state index is 0.00995. The maximum atomic E-state index is 11.2. The van der Waals surface area contributed by atoms with Crippen molar-refractivity contribution >= 4 is 34.2 Å². The number of hydrogen-bond donors (Lipinski definition) is 3. The summed E-state index contributed by atoms with van der Waals surface area (Å²) in [5.41, 5.74) is 4.82. The molecule has 2 heterocycles. The first-order valence-electron chi connectivity index (χ1n) is 6.91. The number of carboxylic acid groups (broad SMARTS) is 1. The standard InChI is InChI=1S/C16H12ClN3O2/c17-12-7-14-11(15(16(21)22)20-19-14)6-10(12)8-1-2-13-9(5-8)3-4-18-13/h1-2,5-7,18H,3-4H2,(H,19,20)(H,21,22). The Kier molecular flexibility index (Phi) is 2.84. The second kappa shape index (κ2) is 4.74. The summed E-state index contributed by atoms with van der Waals surface area (Å²) < 4.78 is 0. The number of aromatic carboxylic acids is 1. The van der Waals surface area contributed by atoms with Crippen molar-refractivity contribution in [1.29, 1.82) is 0 Å². The van der Waals surface area contributed by atoms with Gasteiger partial charge < -0.3 is 10.4 Å². The van der Waals surface area contributed by atoms with Gasteiger partial charge in [-0.05, 0) is 41.8 Å². The Labute approximate surface area is 130 Å². The fraction of sp³-hybridized carbons (Fsp3) is 0.125. The van der Waals surface area contributed by atoms with Gasteiger partial charge >= 0.3 is 5.97 Å². The number of carbonyl (C=O) groups is 1. The smallest absolute Gasteiger partial charge is 0.357 e. The highest BCUT2D eigenvalue weighted by Gasteiger charge is 2.17. The van der Waals surface area contributed by atoms with Crippen LogP contribution in [-0.2, 0) is 6.42 Å². The third-order valence-corrected chi connectivity index (χ3v) is 4.29. The van der Waals surface area contributed by atoms with Crippen LogP contribution in [0.15, 0.2) is 30.3 Å².